The number of halogens is 1. The van der Waals surface area contributed by atoms with Gasteiger partial charge in [-0.2, -0.15) is 0 Å². The molecule has 0 aliphatic rings. The van der Waals surface area contributed by atoms with Crippen molar-refractivity contribution in [1.82, 2.24) is 4.90 Å². The van der Waals surface area contributed by atoms with Crippen LogP contribution in [0.5, 0.6) is 5.75 Å². The molecule has 3 nitrogen and oxygen atoms in total. The number of likely N-dealkylation sites (N-methyl/N-ethyl adjacent to an activating group) is 1. The van der Waals surface area contributed by atoms with Crippen molar-refractivity contribution < 1.29 is 4.74 Å². The molecule has 0 aromatic heterocycles. The minimum Gasteiger partial charge on any atom is -0.492 e. The zero-order valence-electron chi connectivity index (χ0n) is 11.4. The molecular weight excluding hydrogens is 248 g/mol. The lowest BCUT2D eigenvalue weighted by molar-refractivity contribution is 0.181. The minimum absolute atomic E-state index is 0.144. The Kier molecular flexibility index (Phi) is 5.93. The summed E-state index contributed by atoms with van der Waals surface area (Å²) in [7, 11) is 2.08. The summed E-state index contributed by atoms with van der Waals surface area (Å²) >= 11 is 5.89. The van der Waals surface area contributed by atoms with Gasteiger partial charge in [-0.25, -0.2) is 0 Å². The third-order valence-corrected chi connectivity index (χ3v) is 3.02. The van der Waals surface area contributed by atoms with Crippen LogP contribution in [0.15, 0.2) is 24.3 Å². The molecule has 4 heteroatoms. The van der Waals surface area contributed by atoms with Crippen molar-refractivity contribution in [2.75, 3.05) is 33.3 Å². The number of hydrogen-bond acceptors (Lipinski definition) is 3. The molecule has 1 rings (SSSR count). The fourth-order valence-corrected chi connectivity index (χ4v) is 1.93. The molecule has 0 atom stereocenters. The van der Waals surface area contributed by atoms with Gasteiger partial charge < -0.3 is 15.4 Å². The highest BCUT2D eigenvalue weighted by Gasteiger charge is 2.17. The van der Waals surface area contributed by atoms with E-state index in [9.17, 15) is 0 Å². The van der Waals surface area contributed by atoms with E-state index in [4.69, 9.17) is 22.1 Å². The molecule has 0 aliphatic heterocycles. The van der Waals surface area contributed by atoms with Gasteiger partial charge >= 0.3 is 0 Å². The van der Waals surface area contributed by atoms with Gasteiger partial charge in [0.25, 0.3) is 0 Å². The molecule has 18 heavy (non-hydrogen) atoms. The summed E-state index contributed by atoms with van der Waals surface area (Å²) in [6.07, 6.45) is 0. The van der Waals surface area contributed by atoms with E-state index in [1.165, 1.54) is 0 Å². The first-order chi connectivity index (χ1) is 8.43. The van der Waals surface area contributed by atoms with Gasteiger partial charge in [0.1, 0.15) is 12.4 Å². The Balaban J connectivity index is 2.29. The SMILES string of the molecule is CN(CCOc1cccc(Cl)c1)CC(C)(C)CN. The first-order valence-electron chi connectivity index (χ1n) is 6.20. The fourth-order valence-electron chi connectivity index (χ4n) is 1.75. The van der Waals surface area contributed by atoms with E-state index in [0.717, 1.165) is 18.8 Å². The summed E-state index contributed by atoms with van der Waals surface area (Å²) in [6.45, 7) is 7.50. The zero-order valence-corrected chi connectivity index (χ0v) is 12.2. The van der Waals surface area contributed by atoms with E-state index < -0.39 is 0 Å². The predicted molar refractivity (Wildman–Crippen MR) is 77.3 cm³/mol. The molecule has 0 unspecified atom stereocenters. The number of nitrogens with zero attached hydrogens (tertiary/aromatic N) is 1. The van der Waals surface area contributed by atoms with Crippen LogP contribution in [0.1, 0.15) is 13.8 Å². The molecule has 0 saturated heterocycles. The van der Waals surface area contributed by atoms with E-state index in [1.807, 2.05) is 24.3 Å². The Labute approximate surface area is 115 Å². The first kappa shape index (κ1) is 15.3. The third kappa shape index (κ3) is 5.71. The van der Waals surface area contributed by atoms with Crippen LogP contribution in [-0.2, 0) is 0 Å². The predicted octanol–water partition coefficient (Wildman–Crippen LogP) is 2.64. The normalized spacial score (nSPS) is 11.9. The lowest BCUT2D eigenvalue weighted by Crippen LogP contribution is -2.38. The average molecular weight is 271 g/mol. The van der Waals surface area contributed by atoms with E-state index >= 15 is 0 Å². The maximum atomic E-state index is 5.89. The Morgan fingerprint density at radius 2 is 2.11 bits per heavy atom. The molecule has 2 N–H and O–H groups in total. The standard InChI is InChI=1S/C14H23ClN2O/c1-14(2,10-16)11-17(3)7-8-18-13-6-4-5-12(15)9-13/h4-6,9H,7-8,10-11,16H2,1-3H3. The number of hydrogen-bond donors (Lipinski definition) is 1. The van der Waals surface area contributed by atoms with Crippen LogP contribution in [0.4, 0.5) is 0 Å². The van der Waals surface area contributed by atoms with Crippen molar-refractivity contribution in [2.24, 2.45) is 11.1 Å². The molecule has 0 fully saturated rings. The summed E-state index contributed by atoms with van der Waals surface area (Å²) in [5.41, 5.74) is 5.86. The van der Waals surface area contributed by atoms with E-state index in [1.54, 1.807) is 0 Å². The highest BCUT2D eigenvalue weighted by Crippen LogP contribution is 2.17. The minimum atomic E-state index is 0.144. The number of ether oxygens (including phenoxy) is 1. The zero-order chi connectivity index (χ0) is 13.6. The van der Waals surface area contributed by atoms with E-state index in [2.05, 4.69) is 25.8 Å². The fraction of sp³-hybridized carbons (Fsp3) is 0.571. The van der Waals surface area contributed by atoms with Crippen LogP contribution in [0, 0.1) is 5.41 Å². The first-order valence-corrected chi connectivity index (χ1v) is 6.58. The van der Waals surface area contributed by atoms with Crippen LogP contribution in [0.2, 0.25) is 5.02 Å². The highest BCUT2D eigenvalue weighted by atomic mass is 35.5. The number of rotatable bonds is 7. The lowest BCUT2D eigenvalue weighted by atomic mass is 9.93. The van der Waals surface area contributed by atoms with Crippen LogP contribution < -0.4 is 10.5 Å². The molecule has 1 aromatic carbocycles. The van der Waals surface area contributed by atoms with Gasteiger partial charge in [-0.15, -0.1) is 0 Å². The maximum absolute atomic E-state index is 5.89. The molecule has 0 aliphatic carbocycles. The van der Waals surface area contributed by atoms with E-state index in [0.29, 0.717) is 18.2 Å². The van der Waals surface area contributed by atoms with Crippen LogP contribution in [0.3, 0.4) is 0 Å². The summed E-state index contributed by atoms with van der Waals surface area (Å²) in [5, 5.41) is 0.699. The van der Waals surface area contributed by atoms with Crippen molar-refractivity contribution in [3.63, 3.8) is 0 Å². The van der Waals surface area contributed by atoms with Crippen LogP contribution >= 0.6 is 11.6 Å². The number of benzene rings is 1. The number of nitrogens with two attached hydrogens (primary N) is 1. The summed E-state index contributed by atoms with van der Waals surface area (Å²) < 4.78 is 5.65. The van der Waals surface area contributed by atoms with Crippen molar-refractivity contribution in [3.8, 4) is 5.75 Å². The van der Waals surface area contributed by atoms with Gasteiger partial charge in [0, 0.05) is 18.1 Å². The smallest absolute Gasteiger partial charge is 0.120 e. The second-order valence-corrected chi connectivity index (χ2v) is 5.85. The molecule has 0 amide bonds. The second-order valence-electron chi connectivity index (χ2n) is 5.41. The second kappa shape index (κ2) is 6.98. The Hall–Kier alpha value is -0.770. The average Bonchev–Trinajstić information content (AvgIpc) is 2.28. The Bertz CT molecular complexity index is 369. The summed E-state index contributed by atoms with van der Waals surface area (Å²) in [4.78, 5) is 2.23. The van der Waals surface area contributed by atoms with Crippen molar-refractivity contribution >= 4 is 11.6 Å². The molecule has 1 aromatic rings. The van der Waals surface area contributed by atoms with Crippen LogP contribution in [0.25, 0.3) is 0 Å². The molecule has 0 heterocycles. The molecule has 102 valence electrons. The van der Waals surface area contributed by atoms with Gasteiger partial charge in [-0.1, -0.05) is 31.5 Å². The van der Waals surface area contributed by atoms with Crippen molar-refractivity contribution in [3.05, 3.63) is 29.3 Å². The van der Waals surface area contributed by atoms with Crippen molar-refractivity contribution in [1.29, 1.82) is 0 Å². The van der Waals surface area contributed by atoms with Gasteiger partial charge in [0.05, 0.1) is 0 Å². The van der Waals surface area contributed by atoms with Gasteiger partial charge in [0.15, 0.2) is 0 Å². The van der Waals surface area contributed by atoms with Gasteiger partial charge in [0.2, 0.25) is 0 Å². The third-order valence-electron chi connectivity index (χ3n) is 2.79. The molecule has 0 bridgehead atoms. The van der Waals surface area contributed by atoms with Gasteiger partial charge in [-0.3, -0.25) is 0 Å². The topological polar surface area (TPSA) is 38.5 Å². The van der Waals surface area contributed by atoms with E-state index in [-0.39, 0.29) is 5.41 Å². The van der Waals surface area contributed by atoms with Gasteiger partial charge in [-0.05, 0) is 37.2 Å². The maximum Gasteiger partial charge on any atom is 0.120 e. The Morgan fingerprint density at radius 3 is 2.72 bits per heavy atom. The Morgan fingerprint density at radius 1 is 1.39 bits per heavy atom. The largest absolute Gasteiger partial charge is 0.492 e. The molecule has 0 saturated carbocycles. The monoisotopic (exact) mass is 270 g/mol. The molecule has 0 spiro atoms. The molecule has 0 radical (unpaired) electrons. The molecular formula is C14H23ClN2O. The summed E-state index contributed by atoms with van der Waals surface area (Å²) in [5.74, 6) is 0.814. The van der Waals surface area contributed by atoms with Crippen molar-refractivity contribution in [2.45, 2.75) is 13.8 Å². The highest BCUT2D eigenvalue weighted by molar-refractivity contribution is 6.30. The quantitative estimate of drug-likeness (QED) is 0.828. The summed E-state index contributed by atoms with van der Waals surface area (Å²) in [6, 6.07) is 7.46. The van der Waals surface area contributed by atoms with Crippen LogP contribution in [-0.4, -0.2) is 38.2 Å². The lowest BCUT2D eigenvalue weighted by Gasteiger charge is -2.28.